The van der Waals surface area contributed by atoms with E-state index in [-0.39, 0.29) is 46.6 Å². The van der Waals surface area contributed by atoms with Gasteiger partial charge in [-0.15, -0.1) is 0 Å². The number of pyridine rings is 1. The Labute approximate surface area is 223 Å². The van der Waals surface area contributed by atoms with Gasteiger partial charge in [-0.25, -0.2) is 13.8 Å². The van der Waals surface area contributed by atoms with Crippen LogP contribution in [0.5, 0.6) is 11.6 Å². The van der Waals surface area contributed by atoms with Gasteiger partial charge in [0, 0.05) is 23.8 Å². The molecule has 1 unspecified atom stereocenters. The number of nitrogens with zero attached hydrogens (tertiary/aromatic N) is 4. The van der Waals surface area contributed by atoms with E-state index in [1.54, 1.807) is 0 Å². The zero-order chi connectivity index (χ0) is 28.5. The maximum atomic E-state index is 13.6. The molecular formula is C24H21ClF5N5O4. The molecule has 3 heterocycles. The van der Waals surface area contributed by atoms with Gasteiger partial charge in [0.25, 0.3) is 24.1 Å². The Morgan fingerprint density at radius 1 is 1.18 bits per heavy atom. The van der Waals surface area contributed by atoms with E-state index in [0.717, 1.165) is 16.8 Å². The molecule has 0 spiro atoms. The van der Waals surface area contributed by atoms with Crippen LogP contribution in [0.2, 0.25) is 5.02 Å². The highest BCUT2D eigenvalue weighted by Gasteiger charge is 2.38. The predicted molar refractivity (Wildman–Crippen MR) is 129 cm³/mol. The number of nitrogens with one attached hydrogen (secondary N) is 1. The Kier molecular flexibility index (Phi) is 7.95. The van der Waals surface area contributed by atoms with E-state index in [2.05, 4.69) is 15.4 Å². The number of alkyl halides is 5. The molecule has 1 atom stereocenters. The van der Waals surface area contributed by atoms with Crippen molar-refractivity contribution >= 4 is 29.1 Å². The van der Waals surface area contributed by atoms with Crippen LogP contribution in [0.4, 0.5) is 27.6 Å². The molecule has 39 heavy (non-hydrogen) atoms. The third-order valence-corrected chi connectivity index (χ3v) is 6.23. The summed E-state index contributed by atoms with van der Waals surface area (Å²) in [5.41, 5.74) is -1.69. The molecule has 3 aromatic rings. The van der Waals surface area contributed by atoms with Gasteiger partial charge in [0.2, 0.25) is 0 Å². The number of carbonyl (C=O) groups is 2. The van der Waals surface area contributed by atoms with Crippen LogP contribution < -0.4 is 19.7 Å². The number of methoxy groups -OCH3 is 2. The Balaban J connectivity index is 1.69. The SMILES string of the molecule is COc1cc(C(=O)N2CCC(NC(=O)c3ccc(Cl)cc3C(F)(F)F)c3c2cnn3CC(F)F)cnc1OC. The van der Waals surface area contributed by atoms with Crippen LogP contribution in [0, 0.1) is 0 Å². The molecule has 15 heteroatoms. The van der Waals surface area contributed by atoms with Crippen molar-refractivity contribution in [1.82, 2.24) is 20.1 Å². The van der Waals surface area contributed by atoms with Crippen molar-refractivity contribution in [3.63, 3.8) is 0 Å². The Morgan fingerprint density at radius 2 is 1.92 bits per heavy atom. The molecule has 0 bridgehead atoms. The van der Waals surface area contributed by atoms with Crippen molar-refractivity contribution in [3.8, 4) is 11.6 Å². The van der Waals surface area contributed by atoms with Crippen LogP contribution in [-0.2, 0) is 12.7 Å². The third-order valence-electron chi connectivity index (χ3n) is 5.99. The van der Waals surface area contributed by atoms with E-state index in [4.69, 9.17) is 21.1 Å². The molecule has 1 N–H and O–H groups in total. The summed E-state index contributed by atoms with van der Waals surface area (Å²) < 4.78 is 78.5. The fraction of sp³-hybridized carbons (Fsp3) is 0.333. The average molecular weight is 574 g/mol. The van der Waals surface area contributed by atoms with Crippen molar-refractivity contribution in [2.45, 2.75) is 31.6 Å². The fourth-order valence-electron chi connectivity index (χ4n) is 4.28. The summed E-state index contributed by atoms with van der Waals surface area (Å²) in [6.45, 7) is -0.880. The number of hydrogen-bond acceptors (Lipinski definition) is 6. The van der Waals surface area contributed by atoms with Gasteiger partial charge < -0.3 is 19.7 Å². The number of fused-ring (bicyclic) bond motifs is 1. The van der Waals surface area contributed by atoms with Crippen LogP contribution in [0.15, 0.2) is 36.7 Å². The minimum atomic E-state index is -4.87. The van der Waals surface area contributed by atoms with Gasteiger partial charge in [0.05, 0.1) is 54.5 Å². The number of aromatic nitrogens is 3. The minimum absolute atomic E-state index is 0.00489. The summed E-state index contributed by atoms with van der Waals surface area (Å²) in [6, 6.07) is 3.06. The van der Waals surface area contributed by atoms with E-state index in [9.17, 15) is 31.5 Å². The van der Waals surface area contributed by atoms with E-state index < -0.39 is 48.1 Å². The molecule has 0 aliphatic carbocycles. The standard InChI is InChI=1S/C24H21ClF5N5O4/c1-38-18-7-12(9-31-22(18)39-2)23(37)34-6-5-16(20-17(34)10-32-35(20)11-19(26)27)33-21(36)14-4-3-13(25)8-15(14)24(28,29)30/h3-4,7-10,16,19H,5-6,11H2,1-2H3,(H,33,36). The molecule has 1 aliphatic heterocycles. The minimum Gasteiger partial charge on any atom is -0.491 e. The van der Waals surface area contributed by atoms with Crippen molar-refractivity contribution in [1.29, 1.82) is 0 Å². The smallest absolute Gasteiger partial charge is 0.417 e. The van der Waals surface area contributed by atoms with E-state index >= 15 is 0 Å². The highest BCUT2D eigenvalue weighted by Crippen LogP contribution is 2.38. The summed E-state index contributed by atoms with van der Waals surface area (Å²) in [4.78, 5) is 31.7. The Bertz CT molecular complexity index is 1400. The van der Waals surface area contributed by atoms with Crippen molar-refractivity contribution < 1.29 is 41.0 Å². The first-order valence-corrected chi connectivity index (χ1v) is 11.7. The zero-order valence-corrected chi connectivity index (χ0v) is 21.2. The molecule has 0 radical (unpaired) electrons. The lowest BCUT2D eigenvalue weighted by atomic mass is 10.0. The molecule has 0 fully saturated rings. The van der Waals surface area contributed by atoms with E-state index in [0.29, 0.717) is 6.07 Å². The van der Waals surface area contributed by atoms with Gasteiger partial charge in [0.1, 0.15) is 6.54 Å². The normalized spacial score (nSPS) is 15.2. The lowest BCUT2D eigenvalue weighted by molar-refractivity contribution is -0.137. The lowest BCUT2D eigenvalue weighted by Crippen LogP contribution is -2.42. The second-order valence-electron chi connectivity index (χ2n) is 8.38. The number of halogens is 6. The monoisotopic (exact) mass is 573 g/mol. The van der Waals surface area contributed by atoms with Gasteiger partial charge in [-0.1, -0.05) is 11.6 Å². The molecule has 2 aromatic heterocycles. The van der Waals surface area contributed by atoms with Gasteiger partial charge in [0.15, 0.2) is 5.75 Å². The van der Waals surface area contributed by atoms with Crippen molar-refractivity contribution in [3.05, 3.63) is 64.1 Å². The second kappa shape index (κ2) is 11.0. The van der Waals surface area contributed by atoms with Gasteiger partial charge in [-0.2, -0.15) is 18.3 Å². The molecular weight excluding hydrogens is 553 g/mol. The van der Waals surface area contributed by atoms with Crippen LogP contribution in [-0.4, -0.2) is 53.8 Å². The van der Waals surface area contributed by atoms with Gasteiger partial charge in [-0.05, 0) is 24.6 Å². The number of carbonyl (C=O) groups excluding carboxylic acids is 2. The largest absolute Gasteiger partial charge is 0.491 e. The molecule has 0 saturated heterocycles. The summed E-state index contributed by atoms with van der Waals surface area (Å²) in [6.07, 6.45) is -5.27. The first-order chi connectivity index (χ1) is 18.4. The summed E-state index contributed by atoms with van der Waals surface area (Å²) in [5, 5.41) is 6.22. The molecule has 0 saturated carbocycles. The number of hydrogen-bond donors (Lipinski definition) is 1. The molecule has 9 nitrogen and oxygen atoms in total. The van der Waals surface area contributed by atoms with Gasteiger partial charge in [-0.3, -0.25) is 14.3 Å². The van der Waals surface area contributed by atoms with Crippen molar-refractivity contribution in [2.75, 3.05) is 25.7 Å². The van der Waals surface area contributed by atoms with Crippen molar-refractivity contribution in [2.24, 2.45) is 0 Å². The highest BCUT2D eigenvalue weighted by molar-refractivity contribution is 6.30. The summed E-state index contributed by atoms with van der Waals surface area (Å²) in [5.74, 6) is -1.34. The Hall–Kier alpha value is -3.94. The predicted octanol–water partition coefficient (Wildman–Crippen LogP) is 4.75. The molecule has 208 valence electrons. The van der Waals surface area contributed by atoms with Crippen LogP contribution in [0.25, 0.3) is 0 Å². The number of anilines is 1. The summed E-state index contributed by atoms with van der Waals surface area (Å²) >= 11 is 5.70. The highest BCUT2D eigenvalue weighted by atomic mass is 35.5. The molecule has 1 aromatic carbocycles. The second-order valence-corrected chi connectivity index (χ2v) is 8.82. The molecule has 2 amide bonds. The maximum Gasteiger partial charge on any atom is 0.417 e. The maximum absolute atomic E-state index is 13.6. The molecule has 1 aliphatic rings. The van der Waals surface area contributed by atoms with Crippen LogP contribution >= 0.6 is 11.6 Å². The zero-order valence-electron chi connectivity index (χ0n) is 20.4. The average Bonchev–Trinajstić information content (AvgIpc) is 3.30. The van der Waals surface area contributed by atoms with Gasteiger partial charge >= 0.3 is 6.18 Å². The quantitative estimate of drug-likeness (QED) is 0.410. The lowest BCUT2D eigenvalue weighted by Gasteiger charge is -2.33. The first-order valence-electron chi connectivity index (χ1n) is 11.4. The number of amides is 2. The molecule has 4 rings (SSSR count). The Morgan fingerprint density at radius 3 is 2.56 bits per heavy atom. The van der Waals surface area contributed by atoms with Crippen LogP contribution in [0.3, 0.4) is 0 Å². The first kappa shape index (κ1) is 28.1. The number of ether oxygens (including phenoxy) is 2. The van der Waals surface area contributed by atoms with E-state index in [1.807, 2.05) is 0 Å². The third kappa shape index (κ3) is 5.75. The van der Waals surface area contributed by atoms with Crippen LogP contribution in [0.1, 0.15) is 44.4 Å². The summed E-state index contributed by atoms with van der Waals surface area (Å²) in [7, 11) is 2.73. The number of benzene rings is 1. The topological polar surface area (TPSA) is 98.6 Å². The number of rotatable bonds is 7. The van der Waals surface area contributed by atoms with E-state index in [1.165, 1.54) is 37.6 Å². The fourth-order valence-corrected chi connectivity index (χ4v) is 4.46.